The molecule has 0 atom stereocenters. The molecule has 61 heavy (non-hydrogen) atoms. The molecule has 21 nitrogen and oxygen atoms in total. The van der Waals surface area contributed by atoms with Gasteiger partial charge in [-0.3, -0.25) is 33.7 Å². The molecule has 0 bridgehead atoms. The fourth-order valence-electron chi connectivity index (χ4n) is 4.84. The third-order valence-electron chi connectivity index (χ3n) is 7.69. The minimum atomic E-state index is -4.18. The maximum atomic E-state index is 14.3. The minimum Gasteiger partial charge on any atom is -0.481 e. The van der Waals surface area contributed by atoms with E-state index in [0.717, 1.165) is 46.5 Å². The molecule has 5 N–H and O–H groups in total. The van der Waals surface area contributed by atoms with Crippen LogP contribution in [0.25, 0.3) is 5.78 Å². The summed E-state index contributed by atoms with van der Waals surface area (Å²) in [5.74, 6) is -1.68. The van der Waals surface area contributed by atoms with Gasteiger partial charge in [-0.15, -0.1) is 16.9 Å². The number of thioether (sulfide) groups is 1. The average molecular weight is 991 g/mol. The second-order valence-corrected chi connectivity index (χ2v) is 18.4. The Labute approximate surface area is 368 Å². The summed E-state index contributed by atoms with van der Waals surface area (Å²) in [6.45, 7) is 2.61. The van der Waals surface area contributed by atoms with E-state index >= 15 is 0 Å². The van der Waals surface area contributed by atoms with Crippen LogP contribution in [0.5, 0.6) is 11.8 Å². The Morgan fingerprint density at radius 1 is 1.05 bits per heavy atom. The fraction of sp³-hybridized carbons (Fsp3) is 0.344. The number of carbonyl (C=O) groups is 2. The summed E-state index contributed by atoms with van der Waals surface area (Å²) in [6.07, 6.45) is 1.30. The zero-order valence-electron chi connectivity index (χ0n) is 32.2. The number of fused-ring (bicyclic) bond motifs is 2. The number of aryl methyl sites for hydroxylation is 1. The Bertz CT molecular complexity index is 2710. The van der Waals surface area contributed by atoms with E-state index in [4.69, 9.17) is 59.2 Å². The van der Waals surface area contributed by atoms with Gasteiger partial charge >= 0.3 is 24.4 Å². The molecule has 4 heterocycles. The number of hydrogen-bond acceptors (Lipinski definition) is 16. The van der Waals surface area contributed by atoms with Gasteiger partial charge in [0.25, 0.3) is 21.0 Å². The second-order valence-electron chi connectivity index (χ2n) is 12.1. The van der Waals surface area contributed by atoms with Crippen molar-refractivity contribution in [2.75, 3.05) is 44.6 Å². The van der Waals surface area contributed by atoms with Crippen LogP contribution in [0, 0.1) is 12.7 Å². The molecule has 0 spiro atoms. The number of sulfonamides is 1. The minimum absolute atomic E-state index is 0.0111. The lowest BCUT2D eigenvalue weighted by molar-refractivity contribution is -0.137. The second kappa shape index (κ2) is 21.7. The molecule has 0 radical (unpaired) electrons. The summed E-state index contributed by atoms with van der Waals surface area (Å²) >= 11 is 20.4. The molecule has 3 aromatic heterocycles. The molecular formula is C32H36Cl3FN9O12PS3. The van der Waals surface area contributed by atoms with E-state index in [9.17, 15) is 31.8 Å². The molecule has 0 amide bonds. The molecule has 0 aliphatic carbocycles. The first-order chi connectivity index (χ1) is 28.7. The molecule has 2 aromatic carbocycles. The Hall–Kier alpha value is -4.30. The Morgan fingerprint density at radius 2 is 1.74 bits per heavy atom. The third kappa shape index (κ3) is 13.6. The van der Waals surface area contributed by atoms with Gasteiger partial charge < -0.3 is 29.1 Å². The molecule has 0 saturated carbocycles. The number of hydrogen-bond donors (Lipinski definition) is 5. The van der Waals surface area contributed by atoms with Crippen LogP contribution in [0.4, 0.5) is 15.8 Å². The number of esters is 1. The number of carboxylic acids is 1. The number of nitrogens with zero attached hydrogens (tertiary/aromatic N) is 7. The highest BCUT2D eigenvalue weighted by Gasteiger charge is 2.25. The lowest BCUT2D eigenvalue weighted by Crippen LogP contribution is -2.31. The van der Waals surface area contributed by atoms with Gasteiger partial charge in [-0.25, -0.2) is 14.1 Å². The van der Waals surface area contributed by atoms with Crippen LogP contribution < -0.4 is 29.2 Å². The topological polar surface area (TPSA) is 280 Å². The van der Waals surface area contributed by atoms with Gasteiger partial charge in [-0.1, -0.05) is 40.9 Å². The van der Waals surface area contributed by atoms with E-state index in [-0.39, 0.29) is 54.6 Å². The van der Waals surface area contributed by atoms with Gasteiger partial charge in [-0.05, 0) is 54.9 Å². The smallest absolute Gasteiger partial charge is 0.339 e. The van der Waals surface area contributed by atoms with Crippen molar-refractivity contribution in [2.45, 2.75) is 42.9 Å². The van der Waals surface area contributed by atoms with Crippen LogP contribution in [0.3, 0.4) is 0 Å². The monoisotopic (exact) mass is 989 g/mol. The molecule has 0 fully saturated rings. The highest BCUT2D eigenvalue weighted by molar-refractivity contribution is 8.00. The Kier molecular flexibility index (Phi) is 17.5. The molecule has 6 rings (SSSR count). The van der Waals surface area contributed by atoms with Crippen molar-refractivity contribution in [1.29, 1.82) is 0 Å². The van der Waals surface area contributed by atoms with Crippen LogP contribution in [0.2, 0.25) is 15.1 Å². The predicted molar refractivity (Wildman–Crippen MR) is 224 cm³/mol. The molecule has 0 saturated heterocycles. The van der Waals surface area contributed by atoms with E-state index in [1.807, 2.05) is 0 Å². The normalized spacial score (nSPS) is 12.7. The first kappa shape index (κ1) is 49.4. The van der Waals surface area contributed by atoms with E-state index in [0.29, 0.717) is 28.3 Å². The highest BCUT2D eigenvalue weighted by atomic mass is 35.5. The average Bonchev–Trinajstić information content (AvgIpc) is 3.79. The van der Waals surface area contributed by atoms with E-state index in [1.54, 1.807) is 22.4 Å². The van der Waals surface area contributed by atoms with Gasteiger partial charge in [0.05, 0.1) is 66.7 Å². The number of nitrogens with one attached hydrogen (secondary N) is 2. The number of ether oxygens (including phenoxy) is 3. The number of methoxy groups -OCH3 is 3. The third-order valence-corrected chi connectivity index (χ3v) is 12.6. The largest absolute Gasteiger partial charge is 0.481 e. The number of aliphatic carboxylic acids is 1. The van der Waals surface area contributed by atoms with Gasteiger partial charge in [0.15, 0.2) is 0 Å². The number of rotatable bonds is 13. The molecular weight excluding hydrogens is 955 g/mol. The number of benzene rings is 2. The van der Waals surface area contributed by atoms with Crippen molar-refractivity contribution >= 4 is 105 Å². The zero-order chi connectivity index (χ0) is 45.2. The number of anilines is 1. The van der Waals surface area contributed by atoms with Crippen LogP contribution in [0.1, 0.15) is 18.4 Å². The molecule has 0 unspecified atom stereocenters. The first-order valence-corrected chi connectivity index (χ1v) is 23.2. The summed E-state index contributed by atoms with van der Waals surface area (Å²) in [5.41, 5.74) is 0.786. The van der Waals surface area contributed by atoms with Crippen LogP contribution in [0.15, 0.2) is 50.2 Å². The predicted octanol–water partition coefficient (Wildman–Crippen LogP) is 4.15. The van der Waals surface area contributed by atoms with E-state index < -0.39 is 53.4 Å². The summed E-state index contributed by atoms with van der Waals surface area (Å²) < 4.78 is 71.3. The summed E-state index contributed by atoms with van der Waals surface area (Å²) in [5, 5.41) is 14.0. The van der Waals surface area contributed by atoms with Crippen molar-refractivity contribution < 1.29 is 56.1 Å². The quantitative estimate of drug-likeness (QED) is 0.0629. The fourth-order valence-corrected chi connectivity index (χ4v) is 8.77. The molecule has 1 aliphatic heterocycles. The number of aromatic nitrogens is 6. The van der Waals surface area contributed by atoms with Crippen LogP contribution in [-0.4, -0.2) is 104 Å². The maximum absolute atomic E-state index is 14.3. The van der Waals surface area contributed by atoms with Gasteiger partial charge in [-0.2, -0.15) is 22.9 Å². The Morgan fingerprint density at radius 3 is 2.36 bits per heavy atom. The van der Waals surface area contributed by atoms with Crippen molar-refractivity contribution in [1.82, 2.24) is 34.3 Å². The van der Waals surface area contributed by atoms with Crippen LogP contribution >= 0.6 is 65.5 Å². The van der Waals surface area contributed by atoms with E-state index in [2.05, 4.69) is 34.8 Å². The number of carboxylic acid groups (broad SMARTS) is 1. The molecule has 332 valence electrons. The maximum Gasteiger partial charge on any atom is 0.339 e. The van der Waals surface area contributed by atoms with Gasteiger partial charge in [0, 0.05) is 18.0 Å². The number of halogens is 4. The molecule has 29 heteroatoms. The molecule has 1 aliphatic rings. The van der Waals surface area contributed by atoms with Crippen molar-refractivity contribution in [2.24, 2.45) is 4.99 Å². The Balaban J connectivity index is 0.000000221. The lowest BCUT2D eigenvalue weighted by atomic mass is 10.2. The standard InChI is InChI=1S/C15H15ClFN3O3S2.C14H13Cl2N5O4S.C3H8NO5P/c1-23-13(21)8-24-12-7-11(10(17)6-9(12)16)18-14-19-4-2-3-5-20(19)15(22)25-14;1-7-4-5-8(15)12(11(7)16)20-26(22,23)14-18-13-17-9(24-2)6-10(25-3)21(13)19-14;5-3(6)1-4-2-10(7,8)9/h6-7H,2-5,8H2,1H3;4-6,20H,1-3H3;4H,1-2H2,(H,5,6)(H2,7,8,9)/b18-14-;;. The lowest BCUT2D eigenvalue weighted by Gasteiger charge is -2.15. The van der Waals surface area contributed by atoms with Crippen molar-refractivity contribution in [3.05, 3.63) is 71.2 Å². The van der Waals surface area contributed by atoms with E-state index in [1.165, 1.54) is 39.5 Å². The number of carbonyl (C=O) groups excluding carboxylic acids is 1. The summed E-state index contributed by atoms with van der Waals surface area (Å²) in [4.78, 5) is 62.6. The SMILES string of the molecule is COC(=O)CSc1cc(/N=c2\sc(=O)n3n2CCCC3)c(F)cc1Cl.COc1cc(OC)n2nc(S(=O)(=O)Nc3c(Cl)ccc(C)c3Cl)nc2n1.O=C(O)CNCP(=O)(O)O. The van der Waals surface area contributed by atoms with Crippen molar-refractivity contribution in [3.63, 3.8) is 0 Å². The summed E-state index contributed by atoms with van der Waals surface area (Å²) in [7, 11) is -4.17. The van der Waals surface area contributed by atoms with Gasteiger partial charge in [0.2, 0.25) is 16.6 Å². The first-order valence-electron chi connectivity index (χ1n) is 17.0. The molecule has 5 aromatic rings. The van der Waals surface area contributed by atoms with Crippen LogP contribution in [-0.2, 0) is 42.0 Å². The summed E-state index contributed by atoms with van der Waals surface area (Å²) in [6, 6.07) is 7.30. The van der Waals surface area contributed by atoms with Crippen molar-refractivity contribution in [3.8, 4) is 11.8 Å². The van der Waals surface area contributed by atoms with Gasteiger partial charge in [0.1, 0.15) is 11.5 Å². The zero-order valence-corrected chi connectivity index (χ0v) is 37.8. The highest BCUT2D eigenvalue weighted by Crippen LogP contribution is 2.35.